The fraction of sp³-hybridized carbons (Fsp3) is 0.333. The highest BCUT2D eigenvalue weighted by Gasteiger charge is 2.26. The Bertz CT molecular complexity index is 1210. The van der Waals surface area contributed by atoms with Gasteiger partial charge < -0.3 is 19.4 Å². The van der Waals surface area contributed by atoms with Crippen molar-refractivity contribution in [3.8, 4) is 16.9 Å². The highest BCUT2D eigenvalue weighted by atomic mass is 35.5. The van der Waals surface area contributed by atoms with E-state index in [0.717, 1.165) is 16.8 Å². The molecule has 1 amide bonds. The molecule has 1 aliphatic heterocycles. The number of ether oxygens (including phenoxy) is 2. The summed E-state index contributed by atoms with van der Waals surface area (Å²) < 4.78 is 24.9. The van der Waals surface area contributed by atoms with Gasteiger partial charge in [0.1, 0.15) is 22.8 Å². The number of fused-ring (bicyclic) bond motifs is 1. The predicted octanol–water partition coefficient (Wildman–Crippen LogP) is 6.06. The zero-order valence-corrected chi connectivity index (χ0v) is 19.2. The van der Waals surface area contributed by atoms with Gasteiger partial charge in [0.2, 0.25) is 0 Å². The molecule has 168 valence electrons. The monoisotopic (exact) mass is 457 g/mol. The first-order chi connectivity index (χ1) is 15.2. The van der Waals surface area contributed by atoms with Gasteiger partial charge in [-0.1, -0.05) is 17.7 Å². The van der Waals surface area contributed by atoms with Gasteiger partial charge in [0.05, 0.1) is 17.8 Å². The van der Waals surface area contributed by atoms with E-state index in [1.54, 1.807) is 30.3 Å². The number of benzene rings is 1. The Morgan fingerprint density at radius 2 is 2.03 bits per heavy atom. The molecule has 0 saturated heterocycles. The quantitative estimate of drug-likeness (QED) is 0.519. The standard InChI is InChI=1S/C24H25ClFN3O3/c1-24(2,3)32-23(30)29-11-8-14(9-12-29)21-20(25)19-16(7-10-27-22(19)28-21)17-13-15(26)5-6-18(17)31-4/h5-8,10,13H,9,11-12H2,1-4H3,(H,27,28). The van der Waals surface area contributed by atoms with Crippen molar-refractivity contribution < 1.29 is 18.7 Å². The number of methoxy groups -OCH3 is 1. The first-order valence-electron chi connectivity index (χ1n) is 10.4. The second-order valence-corrected chi connectivity index (χ2v) is 9.02. The largest absolute Gasteiger partial charge is 0.496 e. The van der Waals surface area contributed by atoms with Crippen LogP contribution in [0.1, 0.15) is 32.9 Å². The summed E-state index contributed by atoms with van der Waals surface area (Å²) in [6.45, 7) is 6.48. The summed E-state index contributed by atoms with van der Waals surface area (Å²) in [6.07, 6.45) is 3.90. The maximum Gasteiger partial charge on any atom is 0.410 e. The summed E-state index contributed by atoms with van der Waals surface area (Å²) in [5, 5.41) is 1.20. The van der Waals surface area contributed by atoms with Crippen molar-refractivity contribution in [2.75, 3.05) is 20.2 Å². The molecule has 3 heterocycles. The van der Waals surface area contributed by atoms with Crippen LogP contribution in [0.15, 0.2) is 36.5 Å². The van der Waals surface area contributed by atoms with Crippen LogP contribution in [0.4, 0.5) is 9.18 Å². The van der Waals surface area contributed by atoms with Crippen molar-refractivity contribution in [2.24, 2.45) is 0 Å². The molecule has 32 heavy (non-hydrogen) atoms. The van der Waals surface area contributed by atoms with E-state index in [0.29, 0.717) is 46.9 Å². The minimum absolute atomic E-state index is 0.335. The Balaban J connectivity index is 1.70. The third-order valence-corrected chi connectivity index (χ3v) is 5.64. The molecule has 0 atom stereocenters. The number of aromatic nitrogens is 2. The summed E-state index contributed by atoms with van der Waals surface area (Å²) in [4.78, 5) is 21.7. The highest BCUT2D eigenvalue weighted by Crippen LogP contribution is 2.41. The molecule has 0 fully saturated rings. The fourth-order valence-corrected chi connectivity index (χ4v) is 4.16. The zero-order valence-electron chi connectivity index (χ0n) is 18.5. The number of nitrogens with one attached hydrogen (secondary N) is 1. The molecule has 0 spiro atoms. The van der Waals surface area contributed by atoms with Crippen molar-refractivity contribution in [3.05, 3.63) is 53.1 Å². The number of halogens is 2. The van der Waals surface area contributed by atoms with E-state index in [1.807, 2.05) is 26.8 Å². The van der Waals surface area contributed by atoms with Gasteiger partial charge in [-0.2, -0.15) is 0 Å². The van der Waals surface area contributed by atoms with Gasteiger partial charge >= 0.3 is 6.09 Å². The second kappa shape index (κ2) is 8.47. The van der Waals surface area contributed by atoms with Crippen molar-refractivity contribution in [2.45, 2.75) is 32.8 Å². The average Bonchev–Trinajstić information content (AvgIpc) is 3.09. The smallest absolute Gasteiger partial charge is 0.410 e. The number of pyridine rings is 1. The van der Waals surface area contributed by atoms with Crippen molar-refractivity contribution in [3.63, 3.8) is 0 Å². The number of hydrogen-bond acceptors (Lipinski definition) is 4. The lowest BCUT2D eigenvalue weighted by molar-refractivity contribution is 0.0270. The molecular weight excluding hydrogens is 433 g/mol. The number of nitrogens with zero attached hydrogens (tertiary/aromatic N) is 2. The summed E-state index contributed by atoms with van der Waals surface area (Å²) >= 11 is 6.82. The normalized spacial score (nSPS) is 14.4. The number of hydrogen-bond donors (Lipinski definition) is 1. The Hall–Kier alpha value is -3.06. The zero-order chi connectivity index (χ0) is 23.0. The van der Waals surface area contributed by atoms with Crippen LogP contribution in [-0.2, 0) is 4.74 Å². The molecular formula is C24H25ClFN3O3. The van der Waals surface area contributed by atoms with Gasteiger partial charge in [0.15, 0.2) is 0 Å². The first-order valence-corrected chi connectivity index (χ1v) is 10.7. The predicted molar refractivity (Wildman–Crippen MR) is 123 cm³/mol. The SMILES string of the molecule is COc1ccc(F)cc1-c1ccnc2[nH]c(C3=CCN(C(=O)OC(C)(C)C)CC3)c(Cl)c12. The molecule has 3 aromatic rings. The highest BCUT2D eigenvalue weighted by molar-refractivity contribution is 6.38. The molecule has 8 heteroatoms. The van der Waals surface area contributed by atoms with Gasteiger partial charge in [-0.3, -0.25) is 0 Å². The van der Waals surface area contributed by atoms with Crippen LogP contribution in [0.25, 0.3) is 27.7 Å². The van der Waals surface area contributed by atoms with E-state index in [1.165, 1.54) is 12.1 Å². The average molecular weight is 458 g/mol. The lowest BCUT2D eigenvalue weighted by Crippen LogP contribution is -2.39. The third kappa shape index (κ3) is 4.30. The molecule has 0 bridgehead atoms. The second-order valence-electron chi connectivity index (χ2n) is 8.65. The maximum absolute atomic E-state index is 14.0. The van der Waals surface area contributed by atoms with Gasteiger partial charge in [-0.15, -0.1) is 0 Å². The Morgan fingerprint density at radius 3 is 2.69 bits per heavy atom. The lowest BCUT2D eigenvalue weighted by Gasteiger charge is -2.29. The maximum atomic E-state index is 14.0. The van der Waals surface area contributed by atoms with Crippen LogP contribution >= 0.6 is 11.6 Å². The minimum atomic E-state index is -0.540. The van der Waals surface area contributed by atoms with Gasteiger partial charge in [0, 0.05) is 30.2 Å². The topological polar surface area (TPSA) is 67.5 Å². The van der Waals surface area contributed by atoms with Crippen molar-refractivity contribution >= 4 is 34.3 Å². The van der Waals surface area contributed by atoms with Crippen LogP contribution in [0, 0.1) is 5.82 Å². The van der Waals surface area contributed by atoms with Crippen LogP contribution in [0.5, 0.6) is 5.75 Å². The fourth-order valence-electron chi connectivity index (χ4n) is 3.80. The number of rotatable bonds is 3. The van der Waals surface area contributed by atoms with Crippen LogP contribution < -0.4 is 4.74 Å². The van der Waals surface area contributed by atoms with E-state index in [-0.39, 0.29) is 11.9 Å². The summed E-state index contributed by atoms with van der Waals surface area (Å²) in [5.41, 5.74) is 3.13. The summed E-state index contributed by atoms with van der Waals surface area (Å²) in [7, 11) is 1.54. The molecule has 1 N–H and O–H groups in total. The number of carbonyl (C=O) groups is 1. The summed E-state index contributed by atoms with van der Waals surface area (Å²) in [6, 6.07) is 6.17. The first kappa shape index (κ1) is 22.1. The molecule has 2 aromatic heterocycles. The molecule has 6 nitrogen and oxygen atoms in total. The molecule has 1 aromatic carbocycles. The Kier molecular flexibility index (Phi) is 5.86. The van der Waals surface area contributed by atoms with E-state index in [9.17, 15) is 9.18 Å². The third-order valence-electron chi connectivity index (χ3n) is 5.27. The van der Waals surface area contributed by atoms with Gasteiger partial charge in [0.25, 0.3) is 0 Å². The molecule has 0 unspecified atom stereocenters. The molecule has 0 aliphatic carbocycles. The van der Waals surface area contributed by atoms with Crippen LogP contribution in [0.2, 0.25) is 5.02 Å². The van der Waals surface area contributed by atoms with E-state index >= 15 is 0 Å². The van der Waals surface area contributed by atoms with Crippen molar-refractivity contribution in [1.29, 1.82) is 0 Å². The molecule has 0 saturated carbocycles. The number of aromatic amines is 1. The van der Waals surface area contributed by atoms with Gasteiger partial charge in [-0.25, -0.2) is 14.2 Å². The van der Waals surface area contributed by atoms with E-state index in [4.69, 9.17) is 21.1 Å². The molecule has 4 rings (SSSR count). The summed E-state index contributed by atoms with van der Waals surface area (Å²) in [5.74, 6) is 0.178. The van der Waals surface area contributed by atoms with E-state index in [2.05, 4.69) is 9.97 Å². The van der Waals surface area contributed by atoms with Crippen LogP contribution in [-0.4, -0.2) is 46.8 Å². The number of amides is 1. The Morgan fingerprint density at radius 1 is 1.25 bits per heavy atom. The molecule has 0 radical (unpaired) electrons. The minimum Gasteiger partial charge on any atom is -0.496 e. The lowest BCUT2D eigenvalue weighted by atomic mass is 10.0. The van der Waals surface area contributed by atoms with Crippen LogP contribution in [0.3, 0.4) is 0 Å². The van der Waals surface area contributed by atoms with Gasteiger partial charge in [-0.05, 0) is 62.6 Å². The molecule has 1 aliphatic rings. The Labute approximate surface area is 191 Å². The van der Waals surface area contributed by atoms with E-state index < -0.39 is 5.60 Å². The van der Waals surface area contributed by atoms with Crippen molar-refractivity contribution in [1.82, 2.24) is 14.9 Å². The number of carbonyl (C=O) groups excluding carboxylic acids is 1. The number of H-pyrrole nitrogens is 1.